The number of aromatic nitrogens is 3. The number of hydrogen-bond donors (Lipinski definition) is 2. The quantitative estimate of drug-likeness (QED) is 0.280. The second-order valence-electron chi connectivity index (χ2n) is 14.4. The van der Waals surface area contributed by atoms with Gasteiger partial charge in [-0.1, -0.05) is 36.4 Å². The number of pyridine rings is 1. The van der Waals surface area contributed by atoms with Gasteiger partial charge in [0.05, 0.1) is 17.3 Å². The van der Waals surface area contributed by atoms with Crippen LogP contribution in [0.15, 0.2) is 70.4 Å². The first-order chi connectivity index (χ1) is 22.8. The fraction of sp³-hybridized carbons (Fsp3) is 0.459. The van der Waals surface area contributed by atoms with E-state index in [0.29, 0.717) is 43.5 Å². The van der Waals surface area contributed by atoms with E-state index in [2.05, 4.69) is 58.6 Å². The van der Waals surface area contributed by atoms with Gasteiger partial charge in [-0.15, -0.1) is 0 Å². The molecule has 1 amide bonds. The molecule has 254 valence electrons. The van der Waals surface area contributed by atoms with Crippen LogP contribution in [-0.2, 0) is 11.3 Å². The molecule has 6 rings (SSSR count). The molecule has 0 unspecified atom stereocenters. The van der Waals surface area contributed by atoms with E-state index in [4.69, 9.17) is 4.74 Å². The van der Waals surface area contributed by atoms with E-state index >= 15 is 0 Å². The van der Waals surface area contributed by atoms with E-state index in [9.17, 15) is 18.8 Å². The standard InChI is InChI=1S/C37H45FN6O4/c1-23-20-42(21-24(2)40-23)22-25-9-11-26(12-10-25)27-7-6-8-31(17-27)43-33-32(18-28(38)19-39-33)34(45)44(36(43)47)30-15-13-29(14-16-30)41-35(46)48-37(3,4)5/h6-12,17-19,23-24,29-30,40H,13-16,20-22H2,1-5H3,(H,41,46)/t23-,24+,29-,30+. The summed E-state index contributed by atoms with van der Waals surface area (Å²) >= 11 is 0. The second kappa shape index (κ2) is 13.6. The Hall–Kier alpha value is -4.35. The summed E-state index contributed by atoms with van der Waals surface area (Å²) < 4.78 is 22.5. The topological polar surface area (TPSA) is 110 Å². The first kappa shape index (κ1) is 33.5. The van der Waals surface area contributed by atoms with Gasteiger partial charge in [-0.2, -0.15) is 0 Å². The van der Waals surface area contributed by atoms with Crippen LogP contribution in [0, 0.1) is 5.82 Å². The maximum atomic E-state index is 14.5. The molecule has 1 saturated heterocycles. The summed E-state index contributed by atoms with van der Waals surface area (Å²) in [5.41, 5.74) is 2.05. The summed E-state index contributed by atoms with van der Waals surface area (Å²) in [4.78, 5) is 47.0. The van der Waals surface area contributed by atoms with Crippen molar-refractivity contribution in [2.45, 2.75) is 96.6 Å². The summed E-state index contributed by atoms with van der Waals surface area (Å²) in [6.07, 6.45) is 2.64. The molecule has 2 fully saturated rings. The van der Waals surface area contributed by atoms with E-state index in [-0.39, 0.29) is 17.1 Å². The summed E-state index contributed by atoms with van der Waals surface area (Å²) in [6.45, 7) is 12.7. The van der Waals surface area contributed by atoms with Crippen molar-refractivity contribution in [3.05, 3.63) is 93.0 Å². The van der Waals surface area contributed by atoms with E-state index in [1.807, 2.05) is 18.2 Å². The van der Waals surface area contributed by atoms with Gasteiger partial charge in [0.2, 0.25) is 0 Å². The lowest BCUT2D eigenvalue weighted by molar-refractivity contribution is 0.0487. The molecular weight excluding hydrogens is 611 g/mol. The molecule has 48 heavy (non-hydrogen) atoms. The Labute approximate surface area is 279 Å². The van der Waals surface area contributed by atoms with Crippen LogP contribution in [0.2, 0.25) is 0 Å². The molecule has 1 saturated carbocycles. The number of nitrogens with one attached hydrogen (secondary N) is 2. The van der Waals surface area contributed by atoms with Gasteiger partial charge < -0.3 is 15.4 Å². The Morgan fingerprint density at radius 3 is 2.33 bits per heavy atom. The Bertz CT molecular complexity index is 1900. The highest BCUT2D eigenvalue weighted by atomic mass is 19.1. The normalized spacial score (nSPS) is 22.0. The van der Waals surface area contributed by atoms with Crippen molar-refractivity contribution in [3.63, 3.8) is 0 Å². The van der Waals surface area contributed by atoms with Gasteiger partial charge in [0.25, 0.3) is 5.56 Å². The smallest absolute Gasteiger partial charge is 0.407 e. The average Bonchev–Trinajstić information content (AvgIpc) is 3.01. The van der Waals surface area contributed by atoms with Crippen LogP contribution in [0.5, 0.6) is 0 Å². The van der Waals surface area contributed by atoms with E-state index in [1.54, 1.807) is 26.8 Å². The maximum Gasteiger partial charge on any atom is 0.407 e. The zero-order valence-electron chi connectivity index (χ0n) is 28.3. The summed E-state index contributed by atoms with van der Waals surface area (Å²) in [5, 5.41) is 6.52. The Morgan fingerprint density at radius 2 is 1.67 bits per heavy atom. The fourth-order valence-electron chi connectivity index (χ4n) is 7.14. The Morgan fingerprint density at radius 1 is 0.979 bits per heavy atom. The van der Waals surface area contributed by atoms with Gasteiger partial charge in [-0.3, -0.25) is 14.3 Å². The van der Waals surface area contributed by atoms with Gasteiger partial charge in [0, 0.05) is 43.8 Å². The third kappa shape index (κ3) is 7.52. The molecule has 3 heterocycles. The molecule has 4 aromatic rings. The lowest BCUT2D eigenvalue weighted by Gasteiger charge is -2.36. The zero-order valence-corrected chi connectivity index (χ0v) is 28.3. The van der Waals surface area contributed by atoms with Gasteiger partial charge in [0.15, 0.2) is 5.65 Å². The van der Waals surface area contributed by atoms with Crippen LogP contribution < -0.4 is 21.9 Å². The number of amides is 1. The van der Waals surface area contributed by atoms with Crippen molar-refractivity contribution in [2.75, 3.05) is 13.1 Å². The monoisotopic (exact) mass is 656 g/mol. The highest BCUT2D eigenvalue weighted by molar-refractivity contribution is 5.76. The van der Waals surface area contributed by atoms with E-state index in [1.165, 1.54) is 14.7 Å². The van der Waals surface area contributed by atoms with Crippen molar-refractivity contribution < 1.29 is 13.9 Å². The zero-order chi connectivity index (χ0) is 34.2. The van der Waals surface area contributed by atoms with Crippen LogP contribution in [0.4, 0.5) is 9.18 Å². The minimum absolute atomic E-state index is 0.0370. The SMILES string of the molecule is C[C@@H]1CN(Cc2ccc(-c3cccc(-n4c(=O)n([C@H]5CC[C@@H](NC(=O)OC(C)(C)C)CC5)c(=O)c5cc(F)cnc54)c3)cc2)C[C@H](C)N1. The molecule has 2 N–H and O–H groups in total. The lowest BCUT2D eigenvalue weighted by Crippen LogP contribution is -2.53. The third-order valence-electron chi connectivity index (χ3n) is 9.11. The van der Waals surface area contributed by atoms with E-state index in [0.717, 1.165) is 43.0 Å². The highest BCUT2D eigenvalue weighted by Crippen LogP contribution is 2.29. The Kier molecular flexibility index (Phi) is 9.53. The average molecular weight is 657 g/mol. The van der Waals surface area contributed by atoms with Crippen LogP contribution in [-0.4, -0.2) is 61.9 Å². The molecule has 2 aromatic carbocycles. The second-order valence-corrected chi connectivity index (χ2v) is 14.4. The van der Waals surface area contributed by atoms with Gasteiger partial charge in [0.1, 0.15) is 11.4 Å². The fourth-order valence-corrected chi connectivity index (χ4v) is 7.14. The molecule has 0 radical (unpaired) electrons. The van der Waals surface area contributed by atoms with Crippen LogP contribution in [0.25, 0.3) is 27.8 Å². The molecule has 2 aliphatic rings. The number of fused-ring (bicyclic) bond motifs is 1. The minimum Gasteiger partial charge on any atom is -0.444 e. The number of carbonyl (C=O) groups is 1. The van der Waals surface area contributed by atoms with Gasteiger partial charge in [-0.05, 0) is 95.2 Å². The minimum atomic E-state index is -0.653. The van der Waals surface area contributed by atoms with Crippen molar-refractivity contribution in [1.29, 1.82) is 0 Å². The summed E-state index contributed by atoms with van der Waals surface area (Å²) in [7, 11) is 0. The Balaban J connectivity index is 1.28. The molecule has 2 aromatic heterocycles. The van der Waals surface area contributed by atoms with Gasteiger partial charge >= 0.3 is 11.8 Å². The number of ether oxygens (including phenoxy) is 1. The largest absolute Gasteiger partial charge is 0.444 e. The third-order valence-corrected chi connectivity index (χ3v) is 9.11. The number of hydrogen-bond acceptors (Lipinski definition) is 7. The van der Waals surface area contributed by atoms with Crippen LogP contribution in [0.3, 0.4) is 0 Å². The molecule has 10 nitrogen and oxygen atoms in total. The molecule has 2 atom stereocenters. The van der Waals surface area contributed by atoms with Crippen LogP contribution in [0.1, 0.15) is 71.9 Å². The number of carbonyl (C=O) groups excluding carboxylic acids is 1. The summed E-state index contributed by atoms with van der Waals surface area (Å²) in [5.74, 6) is -0.653. The van der Waals surface area contributed by atoms with Crippen molar-refractivity contribution in [3.8, 4) is 16.8 Å². The number of halogens is 1. The molecule has 0 spiro atoms. The first-order valence-corrected chi connectivity index (χ1v) is 16.8. The predicted octanol–water partition coefficient (Wildman–Crippen LogP) is 5.54. The number of benzene rings is 2. The number of alkyl carbamates (subject to hydrolysis) is 1. The molecule has 1 aliphatic carbocycles. The van der Waals surface area contributed by atoms with Crippen molar-refractivity contribution in [1.82, 2.24) is 29.7 Å². The van der Waals surface area contributed by atoms with Crippen LogP contribution >= 0.6 is 0 Å². The highest BCUT2D eigenvalue weighted by Gasteiger charge is 2.29. The summed E-state index contributed by atoms with van der Waals surface area (Å²) in [6, 6.07) is 17.5. The lowest BCUT2D eigenvalue weighted by atomic mass is 9.91. The number of piperazine rings is 1. The van der Waals surface area contributed by atoms with Gasteiger partial charge in [-0.25, -0.2) is 23.5 Å². The molecule has 1 aliphatic heterocycles. The molecule has 11 heteroatoms. The molecule has 0 bridgehead atoms. The first-order valence-electron chi connectivity index (χ1n) is 16.8. The maximum absolute atomic E-state index is 14.5. The number of rotatable bonds is 6. The van der Waals surface area contributed by atoms with Crippen molar-refractivity contribution >= 4 is 17.1 Å². The predicted molar refractivity (Wildman–Crippen MR) is 185 cm³/mol. The molecular formula is C37H45FN6O4. The van der Waals surface area contributed by atoms with Crippen molar-refractivity contribution in [2.24, 2.45) is 0 Å². The number of nitrogens with zero attached hydrogens (tertiary/aromatic N) is 4. The van der Waals surface area contributed by atoms with E-state index < -0.39 is 34.8 Å².